The van der Waals surface area contributed by atoms with Crippen molar-refractivity contribution < 1.29 is 18.3 Å². The summed E-state index contributed by atoms with van der Waals surface area (Å²) in [5.74, 6) is -2.29. The summed E-state index contributed by atoms with van der Waals surface area (Å²) in [5, 5.41) is 9.70. The first-order valence-electron chi connectivity index (χ1n) is 5.18. The third-order valence-corrected chi connectivity index (χ3v) is 3.62. The third kappa shape index (κ3) is 2.78. The molecule has 0 aliphatic heterocycles. The van der Waals surface area contributed by atoms with Crippen LogP contribution in [-0.2, 0) is 0 Å². The van der Waals surface area contributed by atoms with Crippen molar-refractivity contribution in [2.45, 2.75) is 6.10 Å². The van der Waals surface area contributed by atoms with Crippen LogP contribution in [0.2, 0.25) is 5.02 Å². The minimum Gasteiger partial charge on any atom is -0.383 e. The molecule has 0 aliphatic carbocycles. The Morgan fingerprint density at radius 2 is 1.68 bits per heavy atom. The average Bonchev–Trinajstić information content (AvgIpc) is 2.36. The van der Waals surface area contributed by atoms with E-state index in [1.807, 2.05) is 0 Å². The molecule has 0 heterocycles. The monoisotopic (exact) mass is 350 g/mol. The largest absolute Gasteiger partial charge is 0.383 e. The van der Waals surface area contributed by atoms with E-state index >= 15 is 0 Å². The van der Waals surface area contributed by atoms with E-state index in [4.69, 9.17) is 11.6 Å². The topological polar surface area (TPSA) is 20.2 Å². The van der Waals surface area contributed by atoms with E-state index < -0.39 is 23.6 Å². The van der Waals surface area contributed by atoms with Gasteiger partial charge in [-0.1, -0.05) is 23.7 Å². The second kappa shape index (κ2) is 5.53. The lowest BCUT2D eigenvalue weighted by Crippen LogP contribution is -2.05. The lowest BCUT2D eigenvalue weighted by Gasteiger charge is -2.14. The summed E-state index contributed by atoms with van der Waals surface area (Å²) in [5.41, 5.74) is -0.338. The third-order valence-electron chi connectivity index (χ3n) is 2.61. The fourth-order valence-corrected chi connectivity index (χ4v) is 2.19. The Bertz CT molecular complexity index is 634. The van der Waals surface area contributed by atoms with E-state index in [0.717, 1.165) is 18.2 Å². The highest BCUT2D eigenvalue weighted by atomic mass is 79.9. The summed E-state index contributed by atoms with van der Waals surface area (Å²) in [6.45, 7) is 0. The van der Waals surface area contributed by atoms with Crippen molar-refractivity contribution in [3.8, 4) is 0 Å². The van der Waals surface area contributed by atoms with Gasteiger partial charge in [-0.25, -0.2) is 13.2 Å². The summed E-state index contributed by atoms with van der Waals surface area (Å²) in [4.78, 5) is 0. The first kappa shape index (κ1) is 14.4. The van der Waals surface area contributed by atoms with Crippen LogP contribution < -0.4 is 0 Å². The van der Waals surface area contributed by atoms with E-state index in [0.29, 0.717) is 0 Å². The Labute approximate surface area is 120 Å². The zero-order chi connectivity index (χ0) is 14.2. The van der Waals surface area contributed by atoms with Crippen LogP contribution in [0.15, 0.2) is 34.8 Å². The standard InChI is InChI=1S/C13H7BrClF3O/c14-8-5-10(17)7(4-11(8)18)13(19)6-2-1-3-9(16)12(6)15/h1-5,13,19H. The van der Waals surface area contributed by atoms with Crippen LogP contribution in [0, 0.1) is 17.5 Å². The van der Waals surface area contributed by atoms with E-state index in [1.165, 1.54) is 12.1 Å². The molecule has 6 heteroatoms. The highest BCUT2D eigenvalue weighted by Gasteiger charge is 2.21. The SMILES string of the molecule is OC(c1cc(F)c(Br)cc1F)c1cccc(F)c1Cl. The van der Waals surface area contributed by atoms with Gasteiger partial charge in [0.15, 0.2) is 0 Å². The molecule has 0 aromatic heterocycles. The number of aliphatic hydroxyl groups excluding tert-OH is 1. The summed E-state index contributed by atoms with van der Waals surface area (Å²) in [6, 6.07) is 5.51. The molecule has 0 saturated carbocycles. The molecule has 0 aliphatic rings. The molecule has 1 atom stereocenters. The zero-order valence-corrected chi connectivity index (χ0v) is 11.6. The van der Waals surface area contributed by atoms with Gasteiger partial charge in [0.2, 0.25) is 0 Å². The minimum atomic E-state index is -1.55. The molecular weight excluding hydrogens is 344 g/mol. The number of hydrogen-bond acceptors (Lipinski definition) is 1. The molecule has 2 rings (SSSR count). The first-order valence-corrected chi connectivity index (χ1v) is 6.35. The van der Waals surface area contributed by atoms with Crippen molar-refractivity contribution in [2.24, 2.45) is 0 Å². The van der Waals surface area contributed by atoms with Gasteiger partial charge < -0.3 is 5.11 Å². The van der Waals surface area contributed by atoms with Gasteiger partial charge in [0.05, 0.1) is 9.50 Å². The van der Waals surface area contributed by atoms with Gasteiger partial charge in [0, 0.05) is 11.1 Å². The van der Waals surface area contributed by atoms with Crippen LogP contribution in [0.4, 0.5) is 13.2 Å². The predicted octanol–water partition coefficient (Wildman–Crippen LogP) is 4.60. The van der Waals surface area contributed by atoms with Gasteiger partial charge >= 0.3 is 0 Å². The van der Waals surface area contributed by atoms with Gasteiger partial charge in [0.25, 0.3) is 0 Å². The minimum absolute atomic E-state index is 0.0257. The van der Waals surface area contributed by atoms with Crippen molar-refractivity contribution in [3.05, 3.63) is 68.4 Å². The Kier molecular flexibility index (Phi) is 4.18. The van der Waals surface area contributed by atoms with Gasteiger partial charge in [-0.15, -0.1) is 0 Å². The highest BCUT2D eigenvalue weighted by molar-refractivity contribution is 9.10. The molecular formula is C13H7BrClF3O. The maximum Gasteiger partial charge on any atom is 0.142 e. The second-order valence-corrected chi connectivity index (χ2v) is 5.07. The summed E-state index contributed by atoms with van der Waals surface area (Å²) < 4.78 is 40.3. The molecule has 1 unspecified atom stereocenters. The highest BCUT2D eigenvalue weighted by Crippen LogP contribution is 2.32. The lowest BCUT2D eigenvalue weighted by molar-refractivity contribution is 0.214. The quantitative estimate of drug-likeness (QED) is 0.784. The van der Waals surface area contributed by atoms with Gasteiger partial charge in [-0.2, -0.15) is 0 Å². The average molecular weight is 352 g/mol. The maximum atomic E-state index is 13.7. The fraction of sp³-hybridized carbons (Fsp3) is 0.0769. The van der Waals surface area contributed by atoms with Crippen LogP contribution in [0.1, 0.15) is 17.2 Å². The molecule has 0 saturated heterocycles. The summed E-state index contributed by atoms with van der Waals surface area (Å²) in [6.07, 6.45) is -1.55. The van der Waals surface area contributed by atoms with Crippen molar-refractivity contribution in [2.75, 3.05) is 0 Å². The van der Waals surface area contributed by atoms with Crippen LogP contribution in [0.5, 0.6) is 0 Å². The number of aliphatic hydroxyl groups is 1. The fourth-order valence-electron chi connectivity index (χ4n) is 1.65. The van der Waals surface area contributed by atoms with Crippen molar-refractivity contribution in [1.82, 2.24) is 0 Å². The van der Waals surface area contributed by atoms with Crippen LogP contribution in [0.3, 0.4) is 0 Å². The predicted molar refractivity (Wildman–Crippen MR) is 69.5 cm³/mol. The van der Waals surface area contributed by atoms with Gasteiger partial charge in [-0.05, 0) is 34.1 Å². The number of halogens is 5. The number of benzene rings is 2. The molecule has 2 aromatic rings. The normalized spacial score (nSPS) is 12.5. The van der Waals surface area contributed by atoms with Crippen LogP contribution in [0.25, 0.3) is 0 Å². The summed E-state index contributed by atoms with van der Waals surface area (Å²) >= 11 is 8.53. The van der Waals surface area contributed by atoms with E-state index in [9.17, 15) is 18.3 Å². The molecule has 0 fully saturated rings. The Morgan fingerprint density at radius 3 is 2.37 bits per heavy atom. The van der Waals surface area contributed by atoms with E-state index in [1.54, 1.807) is 0 Å². The molecule has 100 valence electrons. The zero-order valence-electron chi connectivity index (χ0n) is 9.30. The maximum absolute atomic E-state index is 13.7. The Balaban J connectivity index is 2.53. The van der Waals surface area contributed by atoms with Crippen molar-refractivity contribution >= 4 is 27.5 Å². The molecule has 0 bridgehead atoms. The second-order valence-electron chi connectivity index (χ2n) is 3.83. The van der Waals surface area contributed by atoms with E-state index in [2.05, 4.69) is 15.9 Å². The number of rotatable bonds is 2. The number of hydrogen-bond donors (Lipinski definition) is 1. The van der Waals surface area contributed by atoms with E-state index in [-0.39, 0.29) is 20.6 Å². The molecule has 0 radical (unpaired) electrons. The van der Waals surface area contributed by atoms with Crippen molar-refractivity contribution in [3.63, 3.8) is 0 Å². The Morgan fingerprint density at radius 1 is 1.00 bits per heavy atom. The summed E-state index contributed by atoms with van der Waals surface area (Å²) in [7, 11) is 0. The van der Waals surface area contributed by atoms with Crippen LogP contribution >= 0.6 is 27.5 Å². The molecule has 0 amide bonds. The molecule has 1 nitrogen and oxygen atoms in total. The lowest BCUT2D eigenvalue weighted by atomic mass is 10.0. The van der Waals surface area contributed by atoms with Crippen molar-refractivity contribution in [1.29, 1.82) is 0 Å². The van der Waals surface area contributed by atoms with Gasteiger partial charge in [0.1, 0.15) is 23.6 Å². The first-order chi connectivity index (χ1) is 8.91. The molecule has 1 N–H and O–H groups in total. The molecule has 0 spiro atoms. The van der Waals surface area contributed by atoms with Crippen LogP contribution in [-0.4, -0.2) is 5.11 Å². The molecule has 2 aromatic carbocycles. The smallest absolute Gasteiger partial charge is 0.142 e. The van der Waals surface area contributed by atoms with Gasteiger partial charge in [-0.3, -0.25) is 0 Å². The Hall–Kier alpha value is -1.04. The molecule has 19 heavy (non-hydrogen) atoms.